The summed E-state index contributed by atoms with van der Waals surface area (Å²) in [6, 6.07) is 3.84. The van der Waals surface area contributed by atoms with Crippen molar-refractivity contribution in [3.8, 4) is 11.5 Å². The van der Waals surface area contributed by atoms with Crippen molar-refractivity contribution in [2.45, 2.75) is 61.7 Å². The van der Waals surface area contributed by atoms with Gasteiger partial charge in [0.25, 0.3) is 5.91 Å². The largest absolute Gasteiger partial charge is 0.454 e. The Labute approximate surface area is 274 Å². The molecule has 3 aliphatic rings. The number of piperidine rings is 1. The summed E-state index contributed by atoms with van der Waals surface area (Å²) in [7, 11) is 0. The number of aryl methyl sites for hydroxylation is 1. The number of ether oxygens (including phenoxy) is 4. The SMILES string of the molecule is C[C@H](OC(=O)CCCN1CCOCC1)C(=O)N1CCC(CCn2c(Sc3cc4c(cc3Br)OCO4)nc3c(N)ncnc32)CC1. The fraction of sp³-hybridized carbons (Fsp3) is 0.567. The lowest BCUT2D eigenvalue weighted by molar-refractivity contribution is -0.160. The van der Waals surface area contributed by atoms with Gasteiger partial charge in [-0.15, -0.1) is 0 Å². The van der Waals surface area contributed by atoms with Gasteiger partial charge in [-0.05, 0) is 73.1 Å². The van der Waals surface area contributed by atoms with Crippen LogP contribution < -0.4 is 15.2 Å². The number of morpholine rings is 1. The molecule has 2 fully saturated rings. The lowest BCUT2D eigenvalue weighted by Crippen LogP contribution is -2.44. The first kappa shape index (κ1) is 31.8. The number of likely N-dealkylation sites (tertiary alicyclic amines) is 1. The number of fused-ring (bicyclic) bond motifs is 2. The van der Waals surface area contributed by atoms with Gasteiger partial charge in [-0.2, -0.15) is 0 Å². The van der Waals surface area contributed by atoms with Crippen LogP contribution in [0, 0.1) is 5.92 Å². The number of nitrogen functional groups attached to an aromatic ring is 1. The van der Waals surface area contributed by atoms with Crippen molar-refractivity contribution in [2.24, 2.45) is 5.92 Å². The van der Waals surface area contributed by atoms with Crippen molar-refractivity contribution in [2.75, 3.05) is 58.5 Å². The van der Waals surface area contributed by atoms with Gasteiger partial charge in [0.15, 0.2) is 39.7 Å². The van der Waals surface area contributed by atoms with Gasteiger partial charge in [-0.25, -0.2) is 15.0 Å². The summed E-state index contributed by atoms with van der Waals surface area (Å²) in [5.74, 6) is 1.69. The second-order valence-corrected chi connectivity index (χ2v) is 13.3. The number of benzene rings is 1. The van der Waals surface area contributed by atoms with Crippen molar-refractivity contribution in [1.29, 1.82) is 0 Å². The van der Waals surface area contributed by atoms with E-state index in [1.165, 1.54) is 18.1 Å². The standard InChI is InChI=1S/C30H38BrN7O6S/c1-19(44-25(39)3-2-7-36-11-13-41-14-12-36)29(40)37-8-4-20(5-9-37)6-10-38-28-26(27(32)33-17-34-28)35-30(38)45-24-16-23-22(15-21(24)31)42-18-43-23/h15-17,19-20H,2-14,18H2,1H3,(H2,32,33,34)/t19-/m0/s1. The Balaban J connectivity index is 1.01. The average Bonchev–Trinajstić information content (AvgIpc) is 3.65. The minimum absolute atomic E-state index is 0.129. The molecule has 0 bridgehead atoms. The molecule has 6 rings (SSSR count). The van der Waals surface area contributed by atoms with Gasteiger partial charge in [-0.3, -0.25) is 14.5 Å². The van der Waals surface area contributed by atoms with E-state index in [4.69, 9.17) is 29.7 Å². The summed E-state index contributed by atoms with van der Waals surface area (Å²) >= 11 is 5.14. The van der Waals surface area contributed by atoms with Crippen LogP contribution in [0.25, 0.3) is 11.2 Å². The highest BCUT2D eigenvalue weighted by molar-refractivity contribution is 9.10. The first-order valence-electron chi connectivity index (χ1n) is 15.4. The highest BCUT2D eigenvalue weighted by Gasteiger charge is 2.29. The number of amides is 1. The fourth-order valence-electron chi connectivity index (χ4n) is 5.88. The lowest BCUT2D eigenvalue weighted by Gasteiger charge is -2.33. The highest BCUT2D eigenvalue weighted by atomic mass is 79.9. The maximum atomic E-state index is 13.1. The van der Waals surface area contributed by atoms with Crippen LogP contribution in [-0.2, 0) is 25.6 Å². The molecule has 0 aliphatic carbocycles. The molecule has 1 atom stereocenters. The predicted molar refractivity (Wildman–Crippen MR) is 170 cm³/mol. The number of hydrogen-bond acceptors (Lipinski definition) is 12. The van der Waals surface area contributed by atoms with Crippen molar-refractivity contribution in [3.63, 3.8) is 0 Å². The number of carbonyl (C=O) groups is 2. The highest BCUT2D eigenvalue weighted by Crippen LogP contribution is 2.43. The second kappa shape index (κ2) is 14.5. The van der Waals surface area contributed by atoms with Gasteiger partial charge in [0.1, 0.15) is 6.33 Å². The number of nitrogens with zero attached hydrogens (tertiary/aromatic N) is 6. The molecule has 2 aromatic heterocycles. The van der Waals surface area contributed by atoms with Crippen molar-refractivity contribution in [1.82, 2.24) is 29.3 Å². The number of rotatable bonds is 11. The first-order valence-corrected chi connectivity index (χ1v) is 17.0. The molecule has 2 saturated heterocycles. The monoisotopic (exact) mass is 703 g/mol. The molecule has 0 spiro atoms. The maximum Gasteiger partial charge on any atom is 0.306 e. The van der Waals surface area contributed by atoms with Crippen molar-refractivity contribution >= 4 is 56.6 Å². The third-order valence-corrected chi connectivity index (χ3v) is 10.4. The normalized spacial score (nSPS) is 18.0. The van der Waals surface area contributed by atoms with E-state index in [-0.39, 0.29) is 18.7 Å². The zero-order valence-electron chi connectivity index (χ0n) is 25.3. The molecule has 0 saturated carbocycles. The zero-order chi connectivity index (χ0) is 31.3. The molecule has 0 radical (unpaired) electrons. The molecule has 15 heteroatoms. The van der Waals surface area contributed by atoms with E-state index in [1.807, 2.05) is 17.0 Å². The summed E-state index contributed by atoms with van der Waals surface area (Å²) < 4.78 is 24.9. The quantitative estimate of drug-likeness (QED) is 0.290. The van der Waals surface area contributed by atoms with E-state index in [1.54, 1.807) is 6.92 Å². The summed E-state index contributed by atoms with van der Waals surface area (Å²) in [5, 5.41) is 0.755. The van der Waals surface area contributed by atoms with Crippen LogP contribution in [0.3, 0.4) is 0 Å². The van der Waals surface area contributed by atoms with Gasteiger partial charge in [0.2, 0.25) is 6.79 Å². The van der Waals surface area contributed by atoms with Gasteiger partial charge < -0.3 is 34.1 Å². The van der Waals surface area contributed by atoms with Gasteiger partial charge in [0, 0.05) is 48.5 Å². The number of halogens is 1. The predicted octanol–water partition coefficient (Wildman–Crippen LogP) is 3.72. The van der Waals surface area contributed by atoms with Crippen LogP contribution in [0.4, 0.5) is 5.82 Å². The molecule has 3 aromatic rings. The number of nitrogens with two attached hydrogens (primary N) is 1. The molecule has 3 aliphatic heterocycles. The average molecular weight is 705 g/mol. The van der Waals surface area contributed by atoms with Crippen molar-refractivity contribution in [3.05, 3.63) is 22.9 Å². The van der Waals surface area contributed by atoms with Crippen LogP contribution >= 0.6 is 27.7 Å². The summed E-state index contributed by atoms with van der Waals surface area (Å²) in [6.45, 7) is 7.90. The molecule has 5 heterocycles. The molecule has 45 heavy (non-hydrogen) atoms. The first-order chi connectivity index (χ1) is 21.9. The molecule has 242 valence electrons. The summed E-state index contributed by atoms with van der Waals surface area (Å²) in [6.07, 6.45) is 4.32. The van der Waals surface area contributed by atoms with E-state index in [0.717, 1.165) is 66.6 Å². The van der Waals surface area contributed by atoms with Crippen molar-refractivity contribution < 1.29 is 28.5 Å². The Morgan fingerprint density at radius 1 is 1.11 bits per heavy atom. The number of esters is 1. The Morgan fingerprint density at radius 2 is 1.87 bits per heavy atom. The van der Waals surface area contributed by atoms with Crippen LogP contribution in [0.5, 0.6) is 11.5 Å². The smallest absolute Gasteiger partial charge is 0.306 e. The Bertz CT molecular complexity index is 1530. The van der Waals surface area contributed by atoms with E-state index in [2.05, 4.69) is 35.4 Å². The van der Waals surface area contributed by atoms with E-state index in [9.17, 15) is 9.59 Å². The molecule has 1 amide bonds. The van der Waals surface area contributed by atoms with Gasteiger partial charge in [-0.1, -0.05) is 11.8 Å². The Morgan fingerprint density at radius 3 is 2.64 bits per heavy atom. The molecule has 1 aromatic carbocycles. The fourth-order valence-corrected chi connectivity index (χ4v) is 7.39. The summed E-state index contributed by atoms with van der Waals surface area (Å²) in [4.78, 5) is 43.9. The van der Waals surface area contributed by atoms with Crippen LogP contribution in [0.1, 0.15) is 39.0 Å². The Kier molecular flexibility index (Phi) is 10.3. The van der Waals surface area contributed by atoms with Crippen LogP contribution in [0.2, 0.25) is 0 Å². The maximum absolute atomic E-state index is 13.1. The third kappa shape index (κ3) is 7.64. The number of aromatic nitrogens is 4. The van der Waals surface area contributed by atoms with Gasteiger partial charge >= 0.3 is 5.97 Å². The number of imidazole rings is 1. The second-order valence-electron chi connectivity index (χ2n) is 11.5. The minimum Gasteiger partial charge on any atom is -0.454 e. The molecule has 0 unspecified atom stereocenters. The molecule has 2 N–H and O–H groups in total. The Hall–Kier alpha value is -3.14. The molecular formula is C30H38BrN7O6S. The number of anilines is 1. The van der Waals surface area contributed by atoms with E-state index >= 15 is 0 Å². The molecule has 13 nitrogen and oxygen atoms in total. The summed E-state index contributed by atoms with van der Waals surface area (Å²) in [5.41, 5.74) is 7.43. The van der Waals surface area contributed by atoms with E-state index < -0.39 is 6.10 Å². The van der Waals surface area contributed by atoms with E-state index in [0.29, 0.717) is 66.9 Å². The van der Waals surface area contributed by atoms with Crippen LogP contribution in [-0.4, -0.2) is 100 Å². The van der Waals surface area contributed by atoms with Crippen LogP contribution in [0.15, 0.2) is 33.0 Å². The lowest BCUT2D eigenvalue weighted by atomic mass is 9.93. The number of hydrogen-bond donors (Lipinski definition) is 1. The molecular weight excluding hydrogens is 666 g/mol. The number of carbonyl (C=O) groups excluding carboxylic acids is 2. The zero-order valence-corrected chi connectivity index (χ0v) is 27.7. The third-order valence-electron chi connectivity index (χ3n) is 8.46. The van der Waals surface area contributed by atoms with Gasteiger partial charge in [0.05, 0.1) is 13.2 Å². The minimum atomic E-state index is -0.782. The topological polar surface area (TPSA) is 147 Å².